The fourth-order valence-electron chi connectivity index (χ4n) is 2.27. The van der Waals surface area contributed by atoms with E-state index in [9.17, 15) is 9.59 Å². The van der Waals surface area contributed by atoms with Gasteiger partial charge in [-0.25, -0.2) is 4.79 Å². The highest BCUT2D eigenvalue weighted by Gasteiger charge is 2.25. The van der Waals surface area contributed by atoms with Gasteiger partial charge in [0.1, 0.15) is 0 Å². The Morgan fingerprint density at radius 1 is 1.42 bits per heavy atom. The van der Waals surface area contributed by atoms with Crippen molar-refractivity contribution in [2.45, 2.75) is 19.3 Å². The Hall–Kier alpha value is -1.56. The number of carbonyl (C=O) groups is 2. The van der Waals surface area contributed by atoms with E-state index in [2.05, 4.69) is 11.4 Å². The van der Waals surface area contributed by atoms with Crippen LogP contribution in [0.3, 0.4) is 0 Å². The first-order valence-electron chi connectivity index (χ1n) is 6.51. The van der Waals surface area contributed by atoms with Gasteiger partial charge in [-0.05, 0) is 30.7 Å². The summed E-state index contributed by atoms with van der Waals surface area (Å²) in [6, 6.07) is 3.69. The van der Waals surface area contributed by atoms with Gasteiger partial charge in [0.25, 0.3) is 0 Å². The number of piperidine rings is 1. The smallest absolute Gasteiger partial charge is 0.314 e. The van der Waals surface area contributed by atoms with Crippen molar-refractivity contribution in [1.82, 2.24) is 10.2 Å². The summed E-state index contributed by atoms with van der Waals surface area (Å²) in [6.45, 7) is 1.84. The van der Waals surface area contributed by atoms with Gasteiger partial charge >= 0.3 is 6.03 Å². The van der Waals surface area contributed by atoms with E-state index in [1.165, 1.54) is 4.88 Å². The van der Waals surface area contributed by atoms with Crippen LogP contribution >= 0.6 is 11.3 Å². The van der Waals surface area contributed by atoms with Crippen LogP contribution in [0.5, 0.6) is 0 Å². The van der Waals surface area contributed by atoms with E-state index >= 15 is 0 Å². The van der Waals surface area contributed by atoms with Crippen LogP contribution in [0.4, 0.5) is 4.79 Å². The second-order valence-corrected chi connectivity index (χ2v) is 5.75. The highest BCUT2D eigenvalue weighted by Crippen LogP contribution is 2.17. The number of primary amides is 1. The average molecular weight is 281 g/mol. The summed E-state index contributed by atoms with van der Waals surface area (Å²) < 4.78 is 0. The Morgan fingerprint density at radius 2 is 2.16 bits per heavy atom. The molecule has 5 nitrogen and oxygen atoms in total. The van der Waals surface area contributed by atoms with Gasteiger partial charge in [0, 0.05) is 30.4 Å². The molecular formula is C13H19N3O2S. The van der Waals surface area contributed by atoms with Crippen LogP contribution in [0, 0.1) is 5.92 Å². The minimum atomic E-state index is -0.392. The van der Waals surface area contributed by atoms with Gasteiger partial charge < -0.3 is 16.0 Å². The highest BCUT2D eigenvalue weighted by atomic mass is 32.1. The maximum atomic E-state index is 12.0. The number of thiophene rings is 1. The van der Waals surface area contributed by atoms with Crippen molar-refractivity contribution >= 4 is 23.3 Å². The molecule has 1 saturated heterocycles. The third-order valence-electron chi connectivity index (χ3n) is 3.43. The van der Waals surface area contributed by atoms with Crippen molar-refractivity contribution in [2.24, 2.45) is 11.7 Å². The first-order valence-corrected chi connectivity index (χ1v) is 7.39. The van der Waals surface area contributed by atoms with E-state index in [0.717, 1.165) is 6.42 Å². The molecule has 0 radical (unpaired) electrons. The van der Waals surface area contributed by atoms with Crippen molar-refractivity contribution in [3.63, 3.8) is 0 Å². The molecule has 2 heterocycles. The summed E-state index contributed by atoms with van der Waals surface area (Å²) in [5.74, 6) is 0.111. The van der Waals surface area contributed by atoms with Crippen molar-refractivity contribution in [3.8, 4) is 0 Å². The molecule has 0 saturated carbocycles. The minimum Gasteiger partial charge on any atom is -0.355 e. The van der Waals surface area contributed by atoms with Gasteiger partial charge in [-0.1, -0.05) is 6.07 Å². The summed E-state index contributed by atoms with van der Waals surface area (Å²) in [5, 5.41) is 5.01. The molecular weight excluding hydrogens is 262 g/mol. The third-order valence-corrected chi connectivity index (χ3v) is 4.36. The fraction of sp³-hybridized carbons (Fsp3) is 0.538. The first kappa shape index (κ1) is 13.9. The number of nitrogens with zero attached hydrogens (tertiary/aromatic N) is 1. The lowest BCUT2D eigenvalue weighted by atomic mass is 9.96. The maximum Gasteiger partial charge on any atom is 0.314 e. The Morgan fingerprint density at radius 3 is 2.74 bits per heavy atom. The number of nitrogens with one attached hydrogen (secondary N) is 1. The van der Waals surface area contributed by atoms with Gasteiger partial charge in [0.15, 0.2) is 0 Å². The van der Waals surface area contributed by atoms with E-state index in [1.54, 1.807) is 16.2 Å². The van der Waals surface area contributed by atoms with Gasteiger partial charge in [-0.2, -0.15) is 0 Å². The highest BCUT2D eigenvalue weighted by molar-refractivity contribution is 7.09. The standard InChI is InChI=1S/C13H19N3O2S/c14-13(18)16-7-4-10(5-8-16)12(17)15-6-3-11-2-1-9-19-11/h1-2,9-10H,3-8H2,(H2,14,18)(H,15,17). The second-order valence-electron chi connectivity index (χ2n) is 4.72. The number of amides is 3. The predicted octanol–water partition coefficient (Wildman–Crippen LogP) is 1.20. The van der Waals surface area contributed by atoms with Crippen molar-refractivity contribution in [2.75, 3.05) is 19.6 Å². The number of hydrogen-bond acceptors (Lipinski definition) is 3. The Bertz CT molecular complexity index is 425. The molecule has 6 heteroatoms. The average Bonchev–Trinajstić information content (AvgIpc) is 2.92. The minimum absolute atomic E-state index is 0.0129. The molecule has 1 aromatic heterocycles. The molecule has 0 bridgehead atoms. The molecule has 1 aliphatic heterocycles. The predicted molar refractivity (Wildman–Crippen MR) is 74.9 cm³/mol. The topological polar surface area (TPSA) is 75.4 Å². The quantitative estimate of drug-likeness (QED) is 0.870. The normalized spacial score (nSPS) is 16.3. The van der Waals surface area contributed by atoms with E-state index < -0.39 is 6.03 Å². The van der Waals surface area contributed by atoms with Crippen LogP contribution in [-0.4, -0.2) is 36.5 Å². The summed E-state index contributed by atoms with van der Waals surface area (Å²) >= 11 is 1.70. The molecule has 3 N–H and O–H groups in total. The van der Waals surface area contributed by atoms with Gasteiger partial charge in [-0.15, -0.1) is 11.3 Å². The van der Waals surface area contributed by atoms with E-state index in [1.807, 2.05) is 11.4 Å². The van der Waals surface area contributed by atoms with Crippen LogP contribution in [0.2, 0.25) is 0 Å². The van der Waals surface area contributed by atoms with Gasteiger partial charge in [0.05, 0.1) is 0 Å². The van der Waals surface area contributed by atoms with Crippen LogP contribution in [0.15, 0.2) is 17.5 Å². The molecule has 0 atom stereocenters. The molecule has 1 aromatic rings. The summed E-state index contributed by atoms with van der Waals surface area (Å²) in [7, 11) is 0. The summed E-state index contributed by atoms with van der Waals surface area (Å²) in [4.78, 5) is 25.8. The SMILES string of the molecule is NC(=O)N1CCC(C(=O)NCCc2cccs2)CC1. The molecule has 1 fully saturated rings. The zero-order chi connectivity index (χ0) is 13.7. The van der Waals surface area contributed by atoms with Crippen molar-refractivity contribution in [3.05, 3.63) is 22.4 Å². The lowest BCUT2D eigenvalue weighted by molar-refractivity contribution is -0.126. The second kappa shape index (κ2) is 6.56. The molecule has 19 heavy (non-hydrogen) atoms. The number of likely N-dealkylation sites (tertiary alicyclic amines) is 1. The maximum absolute atomic E-state index is 12.0. The monoisotopic (exact) mass is 281 g/mol. The number of nitrogens with two attached hydrogens (primary N) is 1. The van der Waals surface area contributed by atoms with Crippen LogP contribution in [0.1, 0.15) is 17.7 Å². The Kier molecular flexibility index (Phi) is 4.79. The van der Waals surface area contributed by atoms with Gasteiger partial charge in [-0.3, -0.25) is 4.79 Å². The number of carbonyl (C=O) groups excluding carboxylic acids is 2. The van der Waals surface area contributed by atoms with Crippen LogP contribution < -0.4 is 11.1 Å². The van der Waals surface area contributed by atoms with Gasteiger partial charge in [0.2, 0.25) is 5.91 Å². The molecule has 0 aliphatic carbocycles. The molecule has 0 unspecified atom stereocenters. The van der Waals surface area contributed by atoms with Crippen LogP contribution in [-0.2, 0) is 11.2 Å². The van der Waals surface area contributed by atoms with Crippen LogP contribution in [0.25, 0.3) is 0 Å². The Balaban J connectivity index is 1.68. The number of hydrogen-bond donors (Lipinski definition) is 2. The summed E-state index contributed by atoms with van der Waals surface area (Å²) in [6.07, 6.45) is 2.28. The molecule has 2 rings (SSSR count). The molecule has 1 aliphatic rings. The lowest BCUT2D eigenvalue weighted by Gasteiger charge is -2.29. The summed E-state index contributed by atoms with van der Waals surface area (Å²) in [5.41, 5.74) is 5.21. The lowest BCUT2D eigenvalue weighted by Crippen LogP contribution is -2.45. The molecule has 104 valence electrons. The third kappa shape index (κ3) is 3.96. The fourth-order valence-corrected chi connectivity index (χ4v) is 2.98. The Labute approximate surface area is 116 Å². The zero-order valence-electron chi connectivity index (χ0n) is 10.8. The largest absolute Gasteiger partial charge is 0.355 e. The first-order chi connectivity index (χ1) is 9.16. The van der Waals surface area contributed by atoms with E-state index in [0.29, 0.717) is 32.5 Å². The number of urea groups is 1. The van der Waals surface area contributed by atoms with E-state index in [4.69, 9.17) is 5.73 Å². The van der Waals surface area contributed by atoms with Crippen molar-refractivity contribution < 1.29 is 9.59 Å². The molecule has 3 amide bonds. The molecule has 0 aromatic carbocycles. The molecule has 0 spiro atoms. The van der Waals surface area contributed by atoms with E-state index in [-0.39, 0.29) is 11.8 Å². The van der Waals surface area contributed by atoms with Crippen molar-refractivity contribution in [1.29, 1.82) is 0 Å². The number of rotatable bonds is 4. The zero-order valence-corrected chi connectivity index (χ0v) is 11.6.